The Bertz CT molecular complexity index is 1020. The lowest BCUT2D eigenvalue weighted by Crippen LogP contribution is -2.45. The van der Waals surface area contributed by atoms with Crippen LogP contribution in [0.15, 0.2) is 42.5 Å². The van der Waals surface area contributed by atoms with Crippen LogP contribution >= 0.6 is 0 Å². The first-order valence-corrected chi connectivity index (χ1v) is 12.3. The Balaban J connectivity index is 1.40. The zero-order valence-corrected chi connectivity index (χ0v) is 19.5. The number of hydrogen-bond donors (Lipinski definition) is 1. The first kappa shape index (κ1) is 24.2. The summed E-state index contributed by atoms with van der Waals surface area (Å²) in [6.07, 6.45) is 6.98. The third-order valence-electron chi connectivity index (χ3n) is 7.13. The Labute approximate surface area is 200 Å². The lowest BCUT2D eigenvalue weighted by atomic mass is 9.81. The van der Waals surface area contributed by atoms with Crippen molar-refractivity contribution in [1.29, 1.82) is 5.26 Å². The molecule has 2 amide bonds. The molecule has 2 aromatic rings. The van der Waals surface area contributed by atoms with Crippen LogP contribution in [0.5, 0.6) is 0 Å². The van der Waals surface area contributed by atoms with E-state index in [0.29, 0.717) is 18.0 Å². The normalized spacial score (nSPS) is 20.6. The Hall–Kier alpha value is -2.98. The van der Waals surface area contributed by atoms with Crippen molar-refractivity contribution >= 4 is 11.7 Å². The molecule has 0 aromatic heterocycles. The van der Waals surface area contributed by atoms with Gasteiger partial charge in [-0.2, -0.15) is 5.26 Å². The Morgan fingerprint density at radius 2 is 1.82 bits per heavy atom. The molecule has 2 fully saturated rings. The highest BCUT2D eigenvalue weighted by Gasteiger charge is 2.30. The first-order valence-electron chi connectivity index (χ1n) is 12.3. The van der Waals surface area contributed by atoms with Crippen molar-refractivity contribution in [2.24, 2.45) is 0 Å². The number of amides is 2. The molecule has 2 aliphatic rings. The third-order valence-corrected chi connectivity index (χ3v) is 7.13. The summed E-state index contributed by atoms with van der Waals surface area (Å²) in [4.78, 5) is 17.5. The van der Waals surface area contributed by atoms with Crippen LogP contribution in [0.1, 0.15) is 62.0 Å². The molecule has 0 radical (unpaired) electrons. The number of nitriles is 1. The van der Waals surface area contributed by atoms with Gasteiger partial charge in [0.2, 0.25) is 0 Å². The Kier molecular flexibility index (Phi) is 8.12. The van der Waals surface area contributed by atoms with Crippen LogP contribution in [0, 0.1) is 23.0 Å². The van der Waals surface area contributed by atoms with Gasteiger partial charge in [-0.1, -0.05) is 12.1 Å². The summed E-state index contributed by atoms with van der Waals surface area (Å²) in [6, 6.07) is 13.3. The molecule has 4 rings (SSSR count). The van der Waals surface area contributed by atoms with Crippen LogP contribution in [0.2, 0.25) is 0 Å². The van der Waals surface area contributed by atoms with Crippen LogP contribution < -0.4 is 5.32 Å². The molecule has 1 saturated heterocycles. The third kappa shape index (κ3) is 6.12. The molecule has 5 nitrogen and oxygen atoms in total. The summed E-state index contributed by atoms with van der Waals surface area (Å²) in [7, 11) is 0. The van der Waals surface area contributed by atoms with Crippen LogP contribution in [0.25, 0.3) is 0 Å². The smallest absolute Gasteiger partial charge is 0.322 e. The molecule has 0 bridgehead atoms. The summed E-state index contributed by atoms with van der Waals surface area (Å²) in [6.45, 7) is 3.83. The second-order valence-electron chi connectivity index (χ2n) is 9.40. The molecule has 34 heavy (non-hydrogen) atoms. The minimum Gasteiger partial charge on any atom is -0.322 e. The molecule has 1 aliphatic carbocycles. The van der Waals surface area contributed by atoms with E-state index in [-0.39, 0.29) is 17.8 Å². The second-order valence-corrected chi connectivity index (χ2v) is 9.40. The molecule has 1 saturated carbocycles. The zero-order valence-electron chi connectivity index (χ0n) is 19.5. The topological polar surface area (TPSA) is 59.4 Å². The maximum atomic E-state index is 13.7. The van der Waals surface area contributed by atoms with Crippen molar-refractivity contribution in [2.75, 3.05) is 31.5 Å². The van der Waals surface area contributed by atoms with Crippen molar-refractivity contribution in [3.63, 3.8) is 0 Å². The minimum atomic E-state index is -0.974. The number of rotatable bonds is 7. The molecular formula is C27H32F2N4O. The number of benzene rings is 2. The summed E-state index contributed by atoms with van der Waals surface area (Å²) >= 11 is 0. The Morgan fingerprint density at radius 3 is 2.53 bits per heavy atom. The van der Waals surface area contributed by atoms with Crippen molar-refractivity contribution in [2.45, 2.75) is 56.9 Å². The largest absolute Gasteiger partial charge is 0.322 e. The van der Waals surface area contributed by atoms with Crippen molar-refractivity contribution in [3.05, 3.63) is 65.2 Å². The predicted octanol–water partition coefficient (Wildman–Crippen LogP) is 5.88. The van der Waals surface area contributed by atoms with Gasteiger partial charge in [-0.15, -0.1) is 0 Å². The number of carbonyl (C=O) groups excluding carboxylic acids is 1. The summed E-state index contributed by atoms with van der Waals surface area (Å²) in [5, 5.41) is 12.0. The molecule has 1 heterocycles. The van der Waals surface area contributed by atoms with Crippen molar-refractivity contribution < 1.29 is 13.6 Å². The quantitative estimate of drug-likeness (QED) is 0.554. The average molecular weight is 467 g/mol. The van der Waals surface area contributed by atoms with Gasteiger partial charge in [0, 0.05) is 24.3 Å². The zero-order chi connectivity index (χ0) is 23.9. The van der Waals surface area contributed by atoms with E-state index in [2.05, 4.69) is 22.4 Å². The number of nitrogens with one attached hydrogen (secondary N) is 1. The number of halogens is 2. The molecule has 2 aromatic carbocycles. The van der Waals surface area contributed by atoms with Gasteiger partial charge in [-0.05, 0) is 100 Å². The molecule has 7 heteroatoms. The molecule has 1 aliphatic heterocycles. The lowest BCUT2D eigenvalue weighted by molar-refractivity contribution is 0.157. The molecule has 0 spiro atoms. The van der Waals surface area contributed by atoms with Crippen molar-refractivity contribution in [3.8, 4) is 6.07 Å². The molecule has 180 valence electrons. The number of anilines is 1. The maximum absolute atomic E-state index is 13.7. The van der Waals surface area contributed by atoms with E-state index in [0.717, 1.165) is 63.9 Å². The van der Waals surface area contributed by atoms with Crippen LogP contribution in [-0.4, -0.2) is 48.1 Å². The van der Waals surface area contributed by atoms with Crippen LogP contribution in [0.3, 0.4) is 0 Å². The van der Waals surface area contributed by atoms with E-state index in [1.54, 1.807) is 0 Å². The molecule has 1 N–H and O–H groups in total. The number of hydrogen-bond acceptors (Lipinski definition) is 3. The van der Waals surface area contributed by atoms with Crippen molar-refractivity contribution in [1.82, 2.24) is 9.80 Å². The Morgan fingerprint density at radius 1 is 1.06 bits per heavy atom. The van der Waals surface area contributed by atoms with Gasteiger partial charge in [0.15, 0.2) is 11.6 Å². The van der Waals surface area contributed by atoms with E-state index >= 15 is 0 Å². The fraction of sp³-hybridized carbons (Fsp3) is 0.481. The van der Waals surface area contributed by atoms with Gasteiger partial charge in [0.05, 0.1) is 11.6 Å². The summed E-state index contributed by atoms with van der Waals surface area (Å²) < 4.78 is 27.0. The maximum Gasteiger partial charge on any atom is 0.322 e. The standard InChI is InChI=1S/C27H32F2N4O/c28-25-12-9-23(18-26(25)29)31-27(34)33(16-4-15-32-13-1-2-14-32)24-10-7-21(8-11-24)22-6-3-5-20(17-22)19-30/h3,5-6,9,12,17-18,21,24H,1-2,4,7-8,10-11,13-16H2,(H,31,34). The fourth-order valence-electron chi connectivity index (χ4n) is 5.27. The number of likely N-dealkylation sites (tertiary alicyclic amines) is 1. The van der Waals surface area contributed by atoms with E-state index in [4.69, 9.17) is 0 Å². The highest BCUT2D eigenvalue weighted by molar-refractivity contribution is 5.89. The average Bonchev–Trinajstić information content (AvgIpc) is 3.38. The van der Waals surface area contributed by atoms with Crippen LogP contribution in [-0.2, 0) is 0 Å². The number of carbonyl (C=O) groups is 1. The monoisotopic (exact) mass is 466 g/mol. The van der Waals surface area contributed by atoms with Gasteiger partial charge in [-0.3, -0.25) is 0 Å². The van der Waals surface area contributed by atoms with E-state index < -0.39 is 11.6 Å². The highest BCUT2D eigenvalue weighted by Crippen LogP contribution is 2.35. The molecule has 0 unspecified atom stereocenters. The minimum absolute atomic E-state index is 0.0965. The van der Waals surface area contributed by atoms with Crippen LogP contribution in [0.4, 0.5) is 19.3 Å². The SMILES string of the molecule is N#Cc1cccc(C2CCC(N(CCCN3CCCC3)C(=O)Nc3ccc(F)c(F)c3)CC2)c1. The van der Waals surface area contributed by atoms with E-state index in [9.17, 15) is 18.8 Å². The summed E-state index contributed by atoms with van der Waals surface area (Å²) in [5.74, 6) is -1.52. The first-order chi connectivity index (χ1) is 16.5. The van der Waals surface area contributed by atoms with Gasteiger partial charge in [0.25, 0.3) is 0 Å². The van der Waals surface area contributed by atoms with Gasteiger partial charge >= 0.3 is 6.03 Å². The lowest BCUT2D eigenvalue weighted by Gasteiger charge is -2.37. The highest BCUT2D eigenvalue weighted by atomic mass is 19.2. The second kappa shape index (κ2) is 11.4. The number of nitrogens with zero attached hydrogens (tertiary/aromatic N) is 3. The predicted molar refractivity (Wildman–Crippen MR) is 129 cm³/mol. The van der Waals surface area contributed by atoms with E-state index in [1.807, 2.05) is 23.1 Å². The van der Waals surface area contributed by atoms with Gasteiger partial charge < -0.3 is 15.1 Å². The molecule has 0 atom stereocenters. The fourth-order valence-corrected chi connectivity index (χ4v) is 5.27. The molecular weight excluding hydrogens is 434 g/mol. The summed E-state index contributed by atoms with van der Waals surface area (Å²) in [5.41, 5.74) is 2.12. The van der Waals surface area contributed by atoms with Gasteiger partial charge in [-0.25, -0.2) is 13.6 Å². The van der Waals surface area contributed by atoms with E-state index in [1.165, 1.54) is 24.5 Å². The van der Waals surface area contributed by atoms with Gasteiger partial charge in [0.1, 0.15) is 0 Å². The number of urea groups is 1.